The highest BCUT2D eigenvalue weighted by atomic mass is 35.5. The molecule has 0 aliphatic rings. The first-order valence-electron chi connectivity index (χ1n) is 5.05. The van der Waals surface area contributed by atoms with Crippen LogP contribution in [0, 0.1) is 13.8 Å². The Bertz CT molecular complexity index is 684. The van der Waals surface area contributed by atoms with E-state index in [9.17, 15) is 0 Å². The maximum atomic E-state index is 6.05. The summed E-state index contributed by atoms with van der Waals surface area (Å²) >= 11 is 6.05. The Kier molecular flexibility index (Phi) is 2.12. The Labute approximate surface area is 102 Å². The Morgan fingerprint density at radius 1 is 1.29 bits per heavy atom. The average Bonchev–Trinajstić information content (AvgIpc) is 2.94. The molecule has 0 atom stereocenters. The molecule has 7 heteroatoms. The number of rotatable bonds is 1. The molecule has 3 rings (SSSR count). The largest absolute Gasteiger partial charge is 0.285 e. The van der Waals surface area contributed by atoms with Gasteiger partial charge in [-0.25, -0.2) is 4.98 Å². The molecule has 3 aromatic heterocycles. The molecule has 0 saturated carbocycles. The van der Waals surface area contributed by atoms with Gasteiger partial charge in [-0.1, -0.05) is 11.6 Å². The molecule has 0 spiro atoms. The van der Waals surface area contributed by atoms with Gasteiger partial charge in [0.1, 0.15) is 0 Å². The zero-order valence-corrected chi connectivity index (χ0v) is 10.0. The Morgan fingerprint density at radius 3 is 2.82 bits per heavy atom. The van der Waals surface area contributed by atoms with Crippen LogP contribution in [0.15, 0.2) is 12.4 Å². The van der Waals surface area contributed by atoms with Gasteiger partial charge < -0.3 is 0 Å². The number of nitrogens with one attached hydrogen (secondary N) is 1. The van der Waals surface area contributed by atoms with Gasteiger partial charge in [-0.3, -0.25) is 9.50 Å². The van der Waals surface area contributed by atoms with E-state index in [1.807, 2.05) is 18.2 Å². The first kappa shape index (κ1) is 10.2. The predicted octanol–water partition coefficient (Wildman–Crippen LogP) is 1.78. The van der Waals surface area contributed by atoms with Crippen molar-refractivity contribution in [2.75, 3.05) is 0 Å². The number of fused-ring (bicyclic) bond motifs is 1. The molecule has 17 heavy (non-hydrogen) atoms. The van der Waals surface area contributed by atoms with E-state index in [1.165, 1.54) is 0 Å². The van der Waals surface area contributed by atoms with E-state index in [1.54, 1.807) is 12.4 Å². The van der Waals surface area contributed by atoms with Crippen molar-refractivity contribution in [2.24, 2.45) is 0 Å². The third kappa shape index (κ3) is 1.41. The van der Waals surface area contributed by atoms with E-state index in [0.717, 1.165) is 17.0 Å². The number of aromatic amines is 1. The van der Waals surface area contributed by atoms with E-state index >= 15 is 0 Å². The predicted molar refractivity (Wildman–Crippen MR) is 62.8 cm³/mol. The molecule has 0 amide bonds. The normalized spacial score (nSPS) is 11.2. The summed E-state index contributed by atoms with van der Waals surface area (Å²) in [6.07, 6.45) is 3.46. The minimum Gasteiger partial charge on any atom is -0.285 e. The molecule has 6 nitrogen and oxygen atoms in total. The van der Waals surface area contributed by atoms with Crippen LogP contribution in [0.4, 0.5) is 0 Å². The van der Waals surface area contributed by atoms with Crippen molar-refractivity contribution in [2.45, 2.75) is 13.8 Å². The maximum Gasteiger partial charge on any atom is 0.199 e. The van der Waals surface area contributed by atoms with Crippen molar-refractivity contribution < 1.29 is 0 Å². The number of aromatic nitrogens is 6. The van der Waals surface area contributed by atoms with Crippen LogP contribution in [-0.2, 0) is 0 Å². The highest BCUT2D eigenvalue weighted by molar-refractivity contribution is 6.32. The smallest absolute Gasteiger partial charge is 0.199 e. The second-order valence-electron chi connectivity index (χ2n) is 3.74. The zero-order valence-electron chi connectivity index (χ0n) is 9.27. The van der Waals surface area contributed by atoms with E-state index in [-0.39, 0.29) is 0 Å². The quantitative estimate of drug-likeness (QED) is 0.713. The van der Waals surface area contributed by atoms with Crippen LogP contribution in [0.25, 0.3) is 17.0 Å². The topological polar surface area (TPSA) is 71.8 Å². The van der Waals surface area contributed by atoms with E-state index in [2.05, 4.69) is 25.4 Å². The lowest BCUT2D eigenvalue weighted by Crippen LogP contribution is -2.00. The van der Waals surface area contributed by atoms with Gasteiger partial charge in [0.2, 0.25) is 0 Å². The average molecular weight is 249 g/mol. The van der Waals surface area contributed by atoms with Crippen molar-refractivity contribution in [1.29, 1.82) is 0 Å². The lowest BCUT2D eigenvalue weighted by atomic mass is 10.3. The second kappa shape index (κ2) is 3.53. The van der Waals surface area contributed by atoms with Crippen LogP contribution >= 0.6 is 11.6 Å². The molecular weight excluding hydrogens is 240 g/mol. The van der Waals surface area contributed by atoms with Crippen molar-refractivity contribution in [3.8, 4) is 11.4 Å². The summed E-state index contributed by atoms with van der Waals surface area (Å²) in [7, 11) is 0. The zero-order chi connectivity index (χ0) is 12.0. The van der Waals surface area contributed by atoms with E-state index in [4.69, 9.17) is 11.6 Å². The fourth-order valence-electron chi connectivity index (χ4n) is 1.74. The van der Waals surface area contributed by atoms with Crippen molar-refractivity contribution in [3.63, 3.8) is 0 Å². The van der Waals surface area contributed by atoms with Crippen LogP contribution in [-0.4, -0.2) is 29.8 Å². The number of halogens is 1. The van der Waals surface area contributed by atoms with Gasteiger partial charge in [-0.05, 0) is 13.8 Å². The van der Waals surface area contributed by atoms with Crippen LogP contribution < -0.4 is 0 Å². The summed E-state index contributed by atoms with van der Waals surface area (Å²) in [6, 6.07) is 0. The summed E-state index contributed by atoms with van der Waals surface area (Å²) in [5.41, 5.74) is 3.24. The van der Waals surface area contributed by atoms with Crippen molar-refractivity contribution in [3.05, 3.63) is 28.9 Å². The number of hydrogen-bond donors (Lipinski definition) is 1. The number of aryl methyl sites for hydroxylation is 2. The summed E-state index contributed by atoms with van der Waals surface area (Å²) in [6.45, 7) is 3.86. The van der Waals surface area contributed by atoms with Crippen molar-refractivity contribution in [1.82, 2.24) is 29.8 Å². The molecule has 0 radical (unpaired) electrons. The molecule has 3 aromatic rings. The molecule has 0 aliphatic heterocycles. The third-order valence-electron chi connectivity index (χ3n) is 2.73. The fraction of sp³-hybridized carbons (Fsp3) is 0.200. The first-order chi connectivity index (χ1) is 8.18. The van der Waals surface area contributed by atoms with Crippen molar-refractivity contribution >= 4 is 17.2 Å². The summed E-state index contributed by atoms with van der Waals surface area (Å²) in [5.74, 6) is 0.707. The van der Waals surface area contributed by atoms with E-state index in [0.29, 0.717) is 16.6 Å². The Hall–Kier alpha value is -1.95. The van der Waals surface area contributed by atoms with Gasteiger partial charge in [-0.2, -0.15) is 5.10 Å². The molecule has 0 bridgehead atoms. The minimum absolute atomic E-state index is 0.357. The first-order valence-corrected chi connectivity index (χ1v) is 5.43. The third-order valence-corrected chi connectivity index (χ3v) is 2.98. The van der Waals surface area contributed by atoms with Gasteiger partial charge in [0, 0.05) is 11.9 Å². The Balaban J connectivity index is 2.42. The Morgan fingerprint density at radius 2 is 2.12 bits per heavy atom. The number of nitrogens with zero attached hydrogens (tertiary/aromatic N) is 5. The summed E-state index contributed by atoms with van der Waals surface area (Å²) < 4.78 is 1.88. The van der Waals surface area contributed by atoms with Crippen LogP contribution in [0.5, 0.6) is 0 Å². The van der Waals surface area contributed by atoms with Gasteiger partial charge >= 0.3 is 0 Å². The van der Waals surface area contributed by atoms with Gasteiger partial charge in [0.15, 0.2) is 16.6 Å². The summed E-state index contributed by atoms with van der Waals surface area (Å²) in [5, 5.41) is 15.2. The molecule has 0 aromatic carbocycles. The molecule has 0 unspecified atom stereocenters. The molecule has 3 heterocycles. The summed E-state index contributed by atoms with van der Waals surface area (Å²) in [4.78, 5) is 4.21. The van der Waals surface area contributed by atoms with Gasteiger partial charge in [-0.15, -0.1) is 10.2 Å². The lowest BCUT2D eigenvalue weighted by molar-refractivity contribution is 1.000. The number of hydrogen-bond acceptors (Lipinski definition) is 4. The molecule has 1 N–H and O–H groups in total. The van der Waals surface area contributed by atoms with Gasteiger partial charge in [0.05, 0.1) is 17.5 Å². The molecule has 0 saturated heterocycles. The second-order valence-corrected chi connectivity index (χ2v) is 4.10. The fourth-order valence-corrected chi connectivity index (χ4v) is 1.98. The standard InChI is InChI=1S/C10H9ClN6/c1-5-6(2)17-9(7-3-12-13-4-7)15-16-10(17)8(11)14-5/h3-4H,1-2H3,(H,12,13). The van der Waals surface area contributed by atoms with E-state index < -0.39 is 0 Å². The van der Waals surface area contributed by atoms with Crippen LogP contribution in [0.2, 0.25) is 5.15 Å². The highest BCUT2D eigenvalue weighted by Gasteiger charge is 2.15. The molecule has 0 fully saturated rings. The SMILES string of the molecule is Cc1nc(Cl)c2nnc(-c3cn[nH]c3)n2c1C. The minimum atomic E-state index is 0.357. The number of H-pyrrole nitrogens is 1. The van der Waals surface area contributed by atoms with Crippen LogP contribution in [0.3, 0.4) is 0 Å². The molecule has 0 aliphatic carbocycles. The lowest BCUT2D eigenvalue weighted by Gasteiger charge is -2.05. The monoisotopic (exact) mass is 248 g/mol. The maximum absolute atomic E-state index is 6.05. The van der Waals surface area contributed by atoms with Crippen LogP contribution in [0.1, 0.15) is 11.4 Å². The molecule has 86 valence electrons. The van der Waals surface area contributed by atoms with Gasteiger partial charge in [0.25, 0.3) is 0 Å². The molecular formula is C10H9ClN6. The highest BCUT2D eigenvalue weighted by Crippen LogP contribution is 2.23.